The summed E-state index contributed by atoms with van der Waals surface area (Å²) in [6, 6.07) is 7.84. The molecule has 2 N–H and O–H groups in total. The van der Waals surface area contributed by atoms with Crippen molar-refractivity contribution >= 4 is 17.7 Å². The Morgan fingerprint density at radius 2 is 1.95 bits per heavy atom. The molecule has 0 saturated heterocycles. The standard InChI is InChI=1S/C16H25NO2S/c1-13(16(18)19)15-8-6-14(7-9-15)12-17-10-4-3-5-11-20-2/h6-9,13,17H,3-5,10-12H2,1-2H3,(H,18,19). The highest BCUT2D eigenvalue weighted by molar-refractivity contribution is 7.98. The first-order valence-electron chi connectivity index (χ1n) is 7.16. The van der Waals surface area contributed by atoms with Crippen LogP contribution in [0, 0.1) is 0 Å². The van der Waals surface area contributed by atoms with Gasteiger partial charge in [0.1, 0.15) is 0 Å². The molecule has 4 heteroatoms. The molecule has 0 aliphatic rings. The lowest BCUT2D eigenvalue weighted by molar-refractivity contribution is -0.138. The van der Waals surface area contributed by atoms with Crippen LogP contribution in [0.2, 0.25) is 0 Å². The molecular weight excluding hydrogens is 270 g/mol. The lowest BCUT2D eigenvalue weighted by atomic mass is 10.00. The van der Waals surface area contributed by atoms with Crippen LogP contribution < -0.4 is 5.32 Å². The highest BCUT2D eigenvalue weighted by atomic mass is 32.2. The van der Waals surface area contributed by atoms with Crippen LogP contribution in [0.5, 0.6) is 0 Å². The Morgan fingerprint density at radius 3 is 2.55 bits per heavy atom. The molecule has 0 aromatic heterocycles. The molecule has 0 amide bonds. The number of thioether (sulfide) groups is 1. The topological polar surface area (TPSA) is 49.3 Å². The van der Waals surface area contributed by atoms with E-state index >= 15 is 0 Å². The Hall–Kier alpha value is -1.00. The predicted molar refractivity (Wildman–Crippen MR) is 86.4 cm³/mol. The molecule has 1 aromatic carbocycles. The monoisotopic (exact) mass is 295 g/mol. The molecule has 1 rings (SSSR count). The van der Waals surface area contributed by atoms with Gasteiger partial charge in [-0.15, -0.1) is 0 Å². The van der Waals surface area contributed by atoms with E-state index in [0.717, 1.165) is 18.7 Å². The van der Waals surface area contributed by atoms with Crippen molar-refractivity contribution in [3.05, 3.63) is 35.4 Å². The molecule has 1 aromatic rings. The van der Waals surface area contributed by atoms with Gasteiger partial charge in [0, 0.05) is 6.54 Å². The van der Waals surface area contributed by atoms with Crippen molar-refractivity contribution in [1.82, 2.24) is 5.32 Å². The number of benzene rings is 1. The summed E-state index contributed by atoms with van der Waals surface area (Å²) in [5, 5.41) is 12.4. The van der Waals surface area contributed by atoms with Crippen molar-refractivity contribution in [3.8, 4) is 0 Å². The second-order valence-electron chi connectivity index (χ2n) is 5.03. The molecule has 20 heavy (non-hydrogen) atoms. The fourth-order valence-electron chi connectivity index (χ4n) is 1.97. The van der Waals surface area contributed by atoms with Gasteiger partial charge >= 0.3 is 5.97 Å². The number of aliphatic carboxylic acids is 1. The van der Waals surface area contributed by atoms with Crippen LogP contribution >= 0.6 is 11.8 Å². The molecule has 112 valence electrons. The van der Waals surface area contributed by atoms with Gasteiger partial charge in [-0.25, -0.2) is 0 Å². The van der Waals surface area contributed by atoms with E-state index in [4.69, 9.17) is 5.11 Å². The molecule has 0 radical (unpaired) electrons. The first kappa shape index (κ1) is 17.1. The number of rotatable bonds is 10. The average Bonchev–Trinajstić information content (AvgIpc) is 2.46. The summed E-state index contributed by atoms with van der Waals surface area (Å²) in [4.78, 5) is 10.9. The smallest absolute Gasteiger partial charge is 0.310 e. The molecule has 3 nitrogen and oxygen atoms in total. The Balaban J connectivity index is 2.23. The Morgan fingerprint density at radius 1 is 1.25 bits per heavy atom. The predicted octanol–water partition coefficient (Wildman–Crippen LogP) is 3.50. The van der Waals surface area contributed by atoms with Crippen molar-refractivity contribution in [2.75, 3.05) is 18.6 Å². The number of carboxylic acid groups (broad SMARTS) is 1. The average molecular weight is 295 g/mol. The van der Waals surface area contributed by atoms with Crippen LogP contribution in [0.4, 0.5) is 0 Å². The number of hydrogen-bond acceptors (Lipinski definition) is 3. The van der Waals surface area contributed by atoms with Crippen molar-refractivity contribution in [2.45, 2.75) is 38.6 Å². The number of hydrogen-bond donors (Lipinski definition) is 2. The van der Waals surface area contributed by atoms with Crippen LogP contribution in [-0.4, -0.2) is 29.6 Å². The summed E-state index contributed by atoms with van der Waals surface area (Å²) in [5.41, 5.74) is 2.06. The van der Waals surface area contributed by atoms with Gasteiger partial charge in [0.05, 0.1) is 5.92 Å². The highest BCUT2D eigenvalue weighted by Crippen LogP contribution is 2.15. The van der Waals surface area contributed by atoms with E-state index in [-0.39, 0.29) is 0 Å². The zero-order chi connectivity index (χ0) is 14.8. The van der Waals surface area contributed by atoms with Crippen molar-refractivity contribution in [2.24, 2.45) is 0 Å². The van der Waals surface area contributed by atoms with Gasteiger partial charge in [0.15, 0.2) is 0 Å². The van der Waals surface area contributed by atoms with E-state index < -0.39 is 11.9 Å². The first-order chi connectivity index (χ1) is 9.65. The van der Waals surface area contributed by atoms with Crippen LogP contribution in [-0.2, 0) is 11.3 Å². The Kier molecular flexibility index (Phi) is 8.38. The Labute approximate surface area is 126 Å². The van der Waals surface area contributed by atoms with E-state index in [1.54, 1.807) is 6.92 Å². The minimum atomic E-state index is -0.777. The molecule has 0 heterocycles. The van der Waals surface area contributed by atoms with Crippen molar-refractivity contribution < 1.29 is 9.90 Å². The molecule has 0 aliphatic heterocycles. The fourth-order valence-corrected chi connectivity index (χ4v) is 2.47. The maximum absolute atomic E-state index is 10.9. The van der Waals surface area contributed by atoms with E-state index in [1.165, 1.54) is 30.6 Å². The van der Waals surface area contributed by atoms with Gasteiger partial charge in [0.25, 0.3) is 0 Å². The summed E-state index contributed by atoms with van der Waals surface area (Å²) >= 11 is 1.91. The molecule has 0 saturated carbocycles. The minimum absolute atomic E-state index is 0.437. The van der Waals surface area contributed by atoms with Gasteiger partial charge in [0.2, 0.25) is 0 Å². The summed E-state index contributed by atoms with van der Waals surface area (Å²) < 4.78 is 0. The maximum atomic E-state index is 10.9. The number of carboxylic acids is 1. The molecule has 0 spiro atoms. The fraction of sp³-hybridized carbons (Fsp3) is 0.562. The van der Waals surface area contributed by atoms with Gasteiger partial charge in [-0.2, -0.15) is 11.8 Å². The lowest BCUT2D eigenvalue weighted by Gasteiger charge is -2.08. The van der Waals surface area contributed by atoms with Gasteiger partial charge < -0.3 is 10.4 Å². The van der Waals surface area contributed by atoms with E-state index in [2.05, 4.69) is 11.6 Å². The van der Waals surface area contributed by atoms with Crippen LogP contribution in [0.15, 0.2) is 24.3 Å². The van der Waals surface area contributed by atoms with Crippen LogP contribution in [0.3, 0.4) is 0 Å². The van der Waals surface area contributed by atoms with Gasteiger partial charge in [-0.05, 0) is 49.4 Å². The van der Waals surface area contributed by atoms with Crippen LogP contribution in [0.1, 0.15) is 43.2 Å². The lowest BCUT2D eigenvalue weighted by Crippen LogP contribution is -2.15. The van der Waals surface area contributed by atoms with Gasteiger partial charge in [-0.1, -0.05) is 30.7 Å². The number of unbranched alkanes of at least 4 members (excludes halogenated alkanes) is 2. The minimum Gasteiger partial charge on any atom is -0.481 e. The molecule has 1 unspecified atom stereocenters. The largest absolute Gasteiger partial charge is 0.481 e. The zero-order valence-corrected chi connectivity index (χ0v) is 13.2. The van der Waals surface area contributed by atoms with E-state index in [0.29, 0.717) is 0 Å². The second-order valence-corrected chi connectivity index (χ2v) is 6.02. The third kappa shape index (κ3) is 6.44. The third-order valence-corrected chi connectivity index (χ3v) is 4.08. The number of carbonyl (C=O) groups is 1. The van der Waals surface area contributed by atoms with Crippen LogP contribution in [0.25, 0.3) is 0 Å². The molecular formula is C16H25NO2S. The summed E-state index contributed by atoms with van der Waals surface area (Å²) in [6.07, 6.45) is 5.94. The highest BCUT2D eigenvalue weighted by Gasteiger charge is 2.12. The summed E-state index contributed by atoms with van der Waals surface area (Å²) in [5.74, 6) is 0.0398. The molecule has 0 fully saturated rings. The molecule has 0 aliphatic carbocycles. The molecule has 0 bridgehead atoms. The quantitative estimate of drug-likeness (QED) is 0.649. The summed E-state index contributed by atoms with van der Waals surface area (Å²) in [6.45, 7) is 3.61. The normalized spacial score (nSPS) is 12.3. The van der Waals surface area contributed by atoms with Gasteiger partial charge in [-0.3, -0.25) is 4.79 Å². The zero-order valence-electron chi connectivity index (χ0n) is 12.4. The summed E-state index contributed by atoms with van der Waals surface area (Å²) in [7, 11) is 0. The maximum Gasteiger partial charge on any atom is 0.310 e. The second kappa shape index (κ2) is 9.83. The van der Waals surface area contributed by atoms with Crippen molar-refractivity contribution in [1.29, 1.82) is 0 Å². The first-order valence-corrected chi connectivity index (χ1v) is 8.56. The molecule has 1 atom stereocenters. The van der Waals surface area contributed by atoms with Crippen molar-refractivity contribution in [3.63, 3.8) is 0 Å². The Bertz CT molecular complexity index is 392. The third-order valence-electron chi connectivity index (χ3n) is 3.38. The van der Waals surface area contributed by atoms with E-state index in [9.17, 15) is 4.79 Å². The van der Waals surface area contributed by atoms with E-state index in [1.807, 2.05) is 36.0 Å². The number of nitrogens with one attached hydrogen (secondary N) is 1. The SMILES string of the molecule is CSCCCCCNCc1ccc(C(C)C(=O)O)cc1.